The summed E-state index contributed by atoms with van der Waals surface area (Å²) in [5, 5.41) is 0. The molecule has 0 unspecified atom stereocenters. The highest BCUT2D eigenvalue weighted by molar-refractivity contribution is 5.13. The SMILES string of the molecule is C=C1O[C@@H](C)C(C)(C)C1(C)C. The molecule has 1 aliphatic rings. The molecule has 0 N–H and O–H groups in total. The highest BCUT2D eigenvalue weighted by Crippen LogP contribution is 2.53. The van der Waals surface area contributed by atoms with Crippen molar-refractivity contribution in [2.75, 3.05) is 0 Å². The lowest BCUT2D eigenvalue weighted by atomic mass is 9.67. The van der Waals surface area contributed by atoms with Gasteiger partial charge in [0.2, 0.25) is 0 Å². The fraction of sp³-hybridized carbons (Fsp3) is 0.800. The molecule has 0 aliphatic carbocycles. The lowest BCUT2D eigenvalue weighted by Crippen LogP contribution is -2.33. The van der Waals surface area contributed by atoms with Crippen molar-refractivity contribution in [2.45, 2.75) is 40.7 Å². The van der Waals surface area contributed by atoms with E-state index in [0.717, 1.165) is 5.76 Å². The van der Waals surface area contributed by atoms with Gasteiger partial charge in [-0.25, -0.2) is 0 Å². The molecule has 1 heteroatoms. The summed E-state index contributed by atoms with van der Waals surface area (Å²) in [5.41, 5.74) is 0.302. The van der Waals surface area contributed by atoms with Gasteiger partial charge in [-0.3, -0.25) is 0 Å². The molecule has 64 valence electrons. The van der Waals surface area contributed by atoms with Gasteiger partial charge >= 0.3 is 0 Å². The van der Waals surface area contributed by atoms with Crippen molar-refractivity contribution in [1.82, 2.24) is 0 Å². The van der Waals surface area contributed by atoms with Crippen LogP contribution in [0.3, 0.4) is 0 Å². The Morgan fingerprint density at radius 1 is 1.27 bits per heavy atom. The molecule has 1 atom stereocenters. The average molecular weight is 154 g/mol. The molecular formula is C10H18O. The maximum absolute atomic E-state index is 5.60. The van der Waals surface area contributed by atoms with Gasteiger partial charge in [0.25, 0.3) is 0 Å². The molecular weight excluding hydrogens is 136 g/mol. The lowest BCUT2D eigenvalue weighted by Gasteiger charge is -2.33. The van der Waals surface area contributed by atoms with E-state index in [1.807, 2.05) is 0 Å². The zero-order valence-electron chi connectivity index (χ0n) is 8.19. The first-order valence-electron chi connectivity index (χ1n) is 4.16. The minimum Gasteiger partial charge on any atom is -0.495 e. The second kappa shape index (κ2) is 2.02. The molecule has 1 aliphatic heterocycles. The molecule has 0 radical (unpaired) electrons. The number of ether oxygens (including phenoxy) is 1. The molecule has 1 saturated heterocycles. The third-order valence-corrected chi connectivity index (χ3v) is 3.64. The first-order chi connectivity index (χ1) is 4.80. The van der Waals surface area contributed by atoms with Crippen LogP contribution in [0.4, 0.5) is 0 Å². The van der Waals surface area contributed by atoms with Crippen LogP contribution in [-0.2, 0) is 4.74 Å². The second-order valence-corrected chi connectivity index (χ2v) is 4.53. The van der Waals surface area contributed by atoms with Crippen LogP contribution >= 0.6 is 0 Å². The number of hydrogen-bond donors (Lipinski definition) is 0. The summed E-state index contributed by atoms with van der Waals surface area (Å²) < 4.78 is 5.60. The van der Waals surface area contributed by atoms with E-state index in [0.29, 0.717) is 0 Å². The second-order valence-electron chi connectivity index (χ2n) is 4.53. The first kappa shape index (κ1) is 8.63. The minimum atomic E-state index is 0.104. The standard InChI is InChI=1S/C10H18O/c1-7-9(3,4)10(5,6)8(2)11-7/h8H,1H2,2-6H3/t8-/m0/s1. The Kier molecular flexibility index (Phi) is 1.59. The van der Waals surface area contributed by atoms with Crippen molar-refractivity contribution in [1.29, 1.82) is 0 Å². The van der Waals surface area contributed by atoms with E-state index in [9.17, 15) is 0 Å². The van der Waals surface area contributed by atoms with Crippen LogP contribution in [0, 0.1) is 10.8 Å². The van der Waals surface area contributed by atoms with Gasteiger partial charge in [-0.05, 0) is 6.92 Å². The normalized spacial score (nSPS) is 33.5. The van der Waals surface area contributed by atoms with E-state index < -0.39 is 0 Å². The Balaban J connectivity index is 3.04. The number of allylic oxidation sites excluding steroid dienone is 1. The molecule has 0 bridgehead atoms. The van der Waals surface area contributed by atoms with Gasteiger partial charge in [-0.1, -0.05) is 34.3 Å². The van der Waals surface area contributed by atoms with Crippen LogP contribution in [0.2, 0.25) is 0 Å². The Bertz CT molecular complexity index is 189. The Hall–Kier alpha value is -0.460. The maximum atomic E-state index is 5.60. The van der Waals surface area contributed by atoms with Gasteiger partial charge in [0.1, 0.15) is 6.10 Å². The third-order valence-electron chi connectivity index (χ3n) is 3.64. The third kappa shape index (κ3) is 0.901. The van der Waals surface area contributed by atoms with E-state index in [1.165, 1.54) is 0 Å². The van der Waals surface area contributed by atoms with Crippen molar-refractivity contribution in [3.8, 4) is 0 Å². The van der Waals surface area contributed by atoms with Crippen LogP contribution in [0.5, 0.6) is 0 Å². The molecule has 11 heavy (non-hydrogen) atoms. The van der Waals surface area contributed by atoms with Crippen molar-refractivity contribution in [3.05, 3.63) is 12.3 Å². The zero-order valence-corrected chi connectivity index (χ0v) is 8.19. The molecule has 1 rings (SSSR count). The van der Waals surface area contributed by atoms with Crippen LogP contribution < -0.4 is 0 Å². The van der Waals surface area contributed by atoms with Crippen molar-refractivity contribution in [2.24, 2.45) is 10.8 Å². The first-order valence-corrected chi connectivity index (χ1v) is 4.16. The minimum absolute atomic E-state index is 0.104. The highest BCUT2D eigenvalue weighted by atomic mass is 16.5. The van der Waals surface area contributed by atoms with Gasteiger partial charge in [0, 0.05) is 10.8 Å². The van der Waals surface area contributed by atoms with E-state index >= 15 is 0 Å². The van der Waals surface area contributed by atoms with Crippen molar-refractivity contribution < 1.29 is 4.74 Å². The van der Waals surface area contributed by atoms with Crippen molar-refractivity contribution >= 4 is 0 Å². The van der Waals surface area contributed by atoms with Crippen LogP contribution in [-0.4, -0.2) is 6.10 Å². The predicted octanol–water partition coefficient (Wildman–Crippen LogP) is 2.97. The van der Waals surface area contributed by atoms with Gasteiger partial charge in [0.15, 0.2) is 0 Å². The summed E-state index contributed by atoms with van der Waals surface area (Å²) in [7, 11) is 0. The molecule has 0 amide bonds. The molecule has 0 aromatic rings. The average Bonchev–Trinajstić information content (AvgIpc) is 1.95. The van der Waals surface area contributed by atoms with E-state index in [-0.39, 0.29) is 16.9 Å². The zero-order chi connectivity index (χ0) is 8.86. The van der Waals surface area contributed by atoms with Crippen LogP contribution in [0.25, 0.3) is 0 Å². The Morgan fingerprint density at radius 3 is 1.82 bits per heavy atom. The largest absolute Gasteiger partial charge is 0.495 e. The fourth-order valence-electron chi connectivity index (χ4n) is 1.38. The highest BCUT2D eigenvalue weighted by Gasteiger charge is 2.51. The summed E-state index contributed by atoms with van der Waals surface area (Å²) in [6.07, 6.45) is 0.282. The maximum Gasteiger partial charge on any atom is 0.101 e. The lowest BCUT2D eigenvalue weighted by molar-refractivity contribution is 0.0914. The van der Waals surface area contributed by atoms with E-state index in [1.54, 1.807) is 0 Å². The smallest absolute Gasteiger partial charge is 0.101 e. The summed E-state index contributed by atoms with van der Waals surface area (Å²) in [4.78, 5) is 0. The van der Waals surface area contributed by atoms with Crippen molar-refractivity contribution in [3.63, 3.8) is 0 Å². The Labute approximate surface area is 69.4 Å². The molecule has 1 fully saturated rings. The van der Waals surface area contributed by atoms with E-state index in [4.69, 9.17) is 4.74 Å². The molecule has 0 aromatic carbocycles. The fourth-order valence-corrected chi connectivity index (χ4v) is 1.38. The number of rotatable bonds is 0. The number of hydrogen-bond acceptors (Lipinski definition) is 1. The van der Waals surface area contributed by atoms with Gasteiger partial charge in [0.05, 0.1) is 5.76 Å². The molecule has 0 spiro atoms. The quantitative estimate of drug-likeness (QED) is 0.521. The van der Waals surface area contributed by atoms with Gasteiger partial charge in [-0.15, -0.1) is 0 Å². The Morgan fingerprint density at radius 2 is 1.73 bits per heavy atom. The predicted molar refractivity (Wildman–Crippen MR) is 47.2 cm³/mol. The topological polar surface area (TPSA) is 9.23 Å². The summed E-state index contributed by atoms with van der Waals surface area (Å²) in [6, 6.07) is 0. The van der Waals surface area contributed by atoms with Crippen LogP contribution in [0.15, 0.2) is 12.3 Å². The molecule has 0 aromatic heterocycles. The van der Waals surface area contributed by atoms with Crippen LogP contribution in [0.1, 0.15) is 34.6 Å². The van der Waals surface area contributed by atoms with Gasteiger partial charge < -0.3 is 4.74 Å². The monoisotopic (exact) mass is 154 g/mol. The molecule has 1 heterocycles. The summed E-state index contributed by atoms with van der Waals surface area (Å²) in [6.45, 7) is 14.9. The molecule has 0 saturated carbocycles. The molecule has 1 nitrogen and oxygen atoms in total. The summed E-state index contributed by atoms with van der Waals surface area (Å²) in [5.74, 6) is 0.926. The summed E-state index contributed by atoms with van der Waals surface area (Å²) >= 11 is 0. The van der Waals surface area contributed by atoms with Gasteiger partial charge in [-0.2, -0.15) is 0 Å². The van der Waals surface area contributed by atoms with E-state index in [2.05, 4.69) is 41.2 Å².